The van der Waals surface area contributed by atoms with Gasteiger partial charge in [0, 0.05) is 12.0 Å². The average Bonchev–Trinajstić information content (AvgIpc) is 2.29. The molecule has 1 aromatic rings. The van der Waals surface area contributed by atoms with Crippen LogP contribution in [-0.2, 0) is 0 Å². The van der Waals surface area contributed by atoms with E-state index in [1.807, 2.05) is 0 Å². The summed E-state index contributed by atoms with van der Waals surface area (Å²) in [6, 6.07) is 4.55. The van der Waals surface area contributed by atoms with Gasteiger partial charge in [-0.3, -0.25) is 0 Å². The molecule has 0 heterocycles. The third-order valence-electron chi connectivity index (χ3n) is 1.86. The molecule has 1 rings (SSSR count). The minimum atomic E-state index is -1.02. The van der Waals surface area contributed by atoms with Crippen LogP contribution in [0.25, 0.3) is 0 Å². The summed E-state index contributed by atoms with van der Waals surface area (Å²) in [5.74, 6) is 4.91. The van der Waals surface area contributed by atoms with Crippen molar-refractivity contribution in [1.29, 1.82) is 0 Å². The van der Waals surface area contributed by atoms with Crippen molar-refractivity contribution in [3.05, 3.63) is 29.3 Å². The topological polar surface area (TPSA) is 66.8 Å². The van der Waals surface area contributed by atoms with Gasteiger partial charge in [0.2, 0.25) is 0 Å². The van der Waals surface area contributed by atoms with Crippen molar-refractivity contribution < 1.29 is 19.7 Å². The molecule has 1 aromatic carbocycles. The van der Waals surface area contributed by atoms with E-state index < -0.39 is 5.97 Å². The number of carboxylic acids is 1. The molecule has 4 nitrogen and oxygen atoms in total. The van der Waals surface area contributed by atoms with Crippen molar-refractivity contribution in [3.8, 4) is 17.6 Å². The maximum Gasteiger partial charge on any atom is 0.335 e. The Morgan fingerprint density at radius 3 is 2.75 bits per heavy atom. The fourth-order valence-electron chi connectivity index (χ4n) is 1.13. The Hall–Kier alpha value is -1.99. The highest BCUT2D eigenvalue weighted by atomic mass is 16.5. The largest absolute Gasteiger partial charge is 0.497 e. The average molecular weight is 220 g/mol. The molecule has 0 atom stereocenters. The van der Waals surface area contributed by atoms with Crippen LogP contribution in [0.5, 0.6) is 5.75 Å². The van der Waals surface area contributed by atoms with Crippen LogP contribution in [0.15, 0.2) is 18.2 Å². The van der Waals surface area contributed by atoms with Crippen LogP contribution in [-0.4, -0.2) is 29.9 Å². The first-order valence-corrected chi connectivity index (χ1v) is 4.69. The molecule has 0 aliphatic heterocycles. The van der Waals surface area contributed by atoms with Gasteiger partial charge in [0.05, 0.1) is 19.3 Å². The van der Waals surface area contributed by atoms with E-state index in [2.05, 4.69) is 11.8 Å². The summed E-state index contributed by atoms with van der Waals surface area (Å²) in [5.41, 5.74) is 0.692. The van der Waals surface area contributed by atoms with E-state index in [9.17, 15) is 4.79 Å². The zero-order chi connectivity index (χ0) is 12.0. The SMILES string of the molecule is COc1cc(C#CCCO)cc(C(=O)O)c1. The molecule has 0 radical (unpaired) electrons. The molecule has 16 heavy (non-hydrogen) atoms. The standard InChI is InChI=1S/C12H12O4/c1-16-11-7-9(4-2-3-5-13)6-10(8-11)12(14)15/h6-8,13H,3,5H2,1H3,(H,14,15). The highest BCUT2D eigenvalue weighted by Crippen LogP contribution is 2.16. The molecule has 0 spiro atoms. The van der Waals surface area contributed by atoms with E-state index >= 15 is 0 Å². The quantitative estimate of drug-likeness (QED) is 0.749. The van der Waals surface area contributed by atoms with Gasteiger partial charge in [-0.2, -0.15) is 0 Å². The summed E-state index contributed by atoms with van der Waals surface area (Å²) in [7, 11) is 1.46. The minimum absolute atomic E-state index is 0.0112. The number of hydrogen-bond donors (Lipinski definition) is 2. The Bertz CT molecular complexity index is 440. The van der Waals surface area contributed by atoms with Gasteiger partial charge in [-0.1, -0.05) is 11.8 Å². The Balaban J connectivity index is 3.06. The van der Waals surface area contributed by atoms with Gasteiger partial charge in [-0.05, 0) is 18.2 Å². The van der Waals surface area contributed by atoms with Gasteiger partial charge in [0.1, 0.15) is 5.75 Å². The molecule has 0 saturated carbocycles. The van der Waals surface area contributed by atoms with E-state index in [4.69, 9.17) is 14.9 Å². The van der Waals surface area contributed by atoms with Crippen LogP contribution < -0.4 is 4.74 Å². The molecule has 2 N–H and O–H groups in total. The molecule has 0 aliphatic rings. The van der Waals surface area contributed by atoms with Crippen LogP contribution >= 0.6 is 0 Å². The van der Waals surface area contributed by atoms with Crippen LogP contribution in [0.2, 0.25) is 0 Å². The van der Waals surface area contributed by atoms with Gasteiger partial charge >= 0.3 is 5.97 Å². The zero-order valence-electron chi connectivity index (χ0n) is 8.86. The van der Waals surface area contributed by atoms with Crippen LogP contribution in [0.4, 0.5) is 0 Å². The second kappa shape index (κ2) is 5.79. The van der Waals surface area contributed by atoms with Crippen molar-refractivity contribution in [2.45, 2.75) is 6.42 Å². The van der Waals surface area contributed by atoms with Crippen LogP contribution in [0.1, 0.15) is 22.3 Å². The number of aromatic carboxylic acids is 1. The van der Waals surface area contributed by atoms with E-state index in [0.717, 1.165) is 0 Å². The molecule has 0 unspecified atom stereocenters. The third-order valence-corrected chi connectivity index (χ3v) is 1.86. The summed E-state index contributed by atoms with van der Waals surface area (Å²) in [5, 5.41) is 17.4. The first kappa shape index (κ1) is 12.1. The number of methoxy groups -OCH3 is 1. The monoisotopic (exact) mass is 220 g/mol. The first-order chi connectivity index (χ1) is 7.67. The number of carboxylic acid groups (broad SMARTS) is 1. The predicted molar refractivity (Wildman–Crippen MR) is 58.5 cm³/mol. The lowest BCUT2D eigenvalue weighted by atomic mass is 10.1. The number of rotatable bonds is 3. The predicted octanol–water partition coefficient (Wildman–Crippen LogP) is 1.13. The molecule has 0 aromatic heterocycles. The highest BCUT2D eigenvalue weighted by Gasteiger charge is 2.06. The van der Waals surface area contributed by atoms with E-state index in [-0.39, 0.29) is 12.2 Å². The van der Waals surface area contributed by atoms with Crippen molar-refractivity contribution in [2.24, 2.45) is 0 Å². The number of benzene rings is 1. The maximum atomic E-state index is 10.8. The van der Waals surface area contributed by atoms with E-state index in [1.165, 1.54) is 19.2 Å². The molecular weight excluding hydrogens is 208 g/mol. The second-order valence-corrected chi connectivity index (χ2v) is 3.03. The van der Waals surface area contributed by atoms with Gasteiger partial charge in [-0.25, -0.2) is 4.79 Å². The molecule has 0 aliphatic carbocycles. The third kappa shape index (κ3) is 3.30. The Kier molecular flexibility index (Phi) is 4.37. The number of aliphatic hydroxyl groups is 1. The van der Waals surface area contributed by atoms with Crippen molar-refractivity contribution >= 4 is 5.97 Å². The fraction of sp³-hybridized carbons (Fsp3) is 0.250. The summed E-state index contributed by atoms with van der Waals surface area (Å²) < 4.78 is 4.97. The minimum Gasteiger partial charge on any atom is -0.497 e. The van der Waals surface area contributed by atoms with Gasteiger partial charge in [-0.15, -0.1) is 0 Å². The zero-order valence-corrected chi connectivity index (χ0v) is 8.86. The molecule has 4 heteroatoms. The fourth-order valence-corrected chi connectivity index (χ4v) is 1.13. The number of ether oxygens (including phenoxy) is 1. The number of hydrogen-bond acceptors (Lipinski definition) is 3. The van der Waals surface area contributed by atoms with Crippen LogP contribution in [0.3, 0.4) is 0 Å². The molecule has 84 valence electrons. The van der Waals surface area contributed by atoms with E-state index in [0.29, 0.717) is 17.7 Å². The van der Waals surface area contributed by atoms with Gasteiger partial charge in [0.15, 0.2) is 0 Å². The van der Waals surface area contributed by atoms with Crippen molar-refractivity contribution in [3.63, 3.8) is 0 Å². The lowest BCUT2D eigenvalue weighted by molar-refractivity contribution is 0.0696. The lowest BCUT2D eigenvalue weighted by Gasteiger charge is -2.02. The Morgan fingerprint density at radius 1 is 1.44 bits per heavy atom. The lowest BCUT2D eigenvalue weighted by Crippen LogP contribution is -1.98. The molecule has 0 fully saturated rings. The first-order valence-electron chi connectivity index (χ1n) is 4.69. The summed E-state index contributed by atoms with van der Waals surface area (Å²) in [6.45, 7) is -0.0112. The second-order valence-electron chi connectivity index (χ2n) is 3.03. The Labute approximate surface area is 93.5 Å². The van der Waals surface area contributed by atoms with E-state index in [1.54, 1.807) is 6.07 Å². The molecule has 0 saturated heterocycles. The molecule has 0 amide bonds. The van der Waals surface area contributed by atoms with Gasteiger partial charge in [0.25, 0.3) is 0 Å². The van der Waals surface area contributed by atoms with Gasteiger partial charge < -0.3 is 14.9 Å². The van der Waals surface area contributed by atoms with Crippen molar-refractivity contribution in [1.82, 2.24) is 0 Å². The number of carbonyl (C=O) groups is 1. The normalized spacial score (nSPS) is 9.12. The van der Waals surface area contributed by atoms with Crippen molar-refractivity contribution in [2.75, 3.05) is 13.7 Å². The summed E-state index contributed by atoms with van der Waals surface area (Å²) >= 11 is 0. The molecule has 0 bridgehead atoms. The smallest absolute Gasteiger partial charge is 0.335 e. The molecular formula is C12H12O4. The van der Waals surface area contributed by atoms with Crippen LogP contribution in [0, 0.1) is 11.8 Å². The summed E-state index contributed by atoms with van der Waals surface area (Å²) in [4.78, 5) is 10.8. The highest BCUT2D eigenvalue weighted by molar-refractivity contribution is 5.88. The Morgan fingerprint density at radius 2 is 2.19 bits per heavy atom. The number of aliphatic hydroxyl groups excluding tert-OH is 1. The summed E-state index contributed by atoms with van der Waals surface area (Å²) in [6.07, 6.45) is 0.361. The maximum absolute atomic E-state index is 10.8.